The van der Waals surface area contributed by atoms with Gasteiger partial charge >= 0.3 is 6.03 Å². The number of aromatic nitrogens is 2. The molecule has 0 atom stereocenters. The number of carbonyl (C=O) groups excluding carboxylic acids is 1. The molecule has 38 heavy (non-hydrogen) atoms. The number of thioether (sulfide) groups is 1. The van der Waals surface area contributed by atoms with Crippen LogP contribution in [0.5, 0.6) is 5.75 Å². The highest BCUT2D eigenvalue weighted by Gasteiger charge is 2.19. The van der Waals surface area contributed by atoms with Gasteiger partial charge in [0.05, 0.1) is 11.4 Å². The number of rotatable bonds is 7. The van der Waals surface area contributed by atoms with Gasteiger partial charge in [-0.25, -0.2) is 4.79 Å². The summed E-state index contributed by atoms with van der Waals surface area (Å²) in [5, 5.41) is 15.2. The van der Waals surface area contributed by atoms with Gasteiger partial charge < -0.3 is 10.1 Å². The van der Waals surface area contributed by atoms with Gasteiger partial charge in [0.1, 0.15) is 18.2 Å². The van der Waals surface area contributed by atoms with Crippen molar-refractivity contribution in [2.45, 2.75) is 33.1 Å². The lowest BCUT2D eigenvalue weighted by atomic mass is 9.82. The first kappa shape index (κ1) is 26.1. The second-order valence-electron chi connectivity index (χ2n) is 10.6. The number of aromatic amines is 1. The second-order valence-corrected chi connectivity index (χ2v) is 11.7. The number of anilines is 2. The van der Waals surface area contributed by atoms with Crippen LogP contribution < -0.4 is 15.4 Å². The highest BCUT2D eigenvalue weighted by molar-refractivity contribution is 7.99. The number of ether oxygens (including phenoxy) is 1. The zero-order valence-electron chi connectivity index (χ0n) is 22.4. The maximum atomic E-state index is 12.9. The standard InChI is InChI=1S/C30H35N5O2S/c1-20-21(10-7-11-24(20)30(2,3)4)26-18-28(34-33-26)32-29(36)31-25-12-13-27(23-9-6-5-8-22(23)25)37-16-14-35-15-17-38-19-35/h5-13,18H,14-17,19H2,1-4H3,(H3,31,32,33,34,36). The Balaban J connectivity index is 1.27. The van der Waals surface area contributed by atoms with Crippen LogP contribution in [0.2, 0.25) is 0 Å². The Hall–Kier alpha value is -3.49. The van der Waals surface area contributed by atoms with E-state index >= 15 is 0 Å². The smallest absolute Gasteiger partial charge is 0.324 e. The van der Waals surface area contributed by atoms with Crippen molar-refractivity contribution in [3.05, 3.63) is 71.8 Å². The first-order chi connectivity index (χ1) is 18.3. The Bertz CT molecular complexity index is 1440. The minimum Gasteiger partial charge on any atom is -0.492 e. The van der Waals surface area contributed by atoms with Crippen LogP contribution in [0.25, 0.3) is 22.0 Å². The van der Waals surface area contributed by atoms with E-state index in [4.69, 9.17) is 4.74 Å². The van der Waals surface area contributed by atoms with E-state index in [1.807, 2.05) is 54.2 Å². The van der Waals surface area contributed by atoms with Crippen LogP contribution >= 0.6 is 11.8 Å². The van der Waals surface area contributed by atoms with E-state index in [0.717, 1.165) is 52.4 Å². The van der Waals surface area contributed by atoms with E-state index in [2.05, 4.69) is 71.6 Å². The number of nitrogens with zero attached hydrogens (tertiary/aromatic N) is 2. The van der Waals surface area contributed by atoms with Crippen molar-refractivity contribution < 1.29 is 9.53 Å². The Labute approximate surface area is 228 Å². The van der Waals surface area contributed by atoms with E-state index in [-0.39, 0.29) is 11.4 Å². The maximum Gasteiger partial charge on any atom is 0.324 e. The van der Waals surface area contributed by atoms with E-state index in [9.17, 15) is 4.79 Å². The number of nitrogens with one attached hydrogen (secondary N) is 3. The van der Waals surface area contributed by atoms with Gasteiger partial charge in [-0.15, -0.1) is 11.8 Å². The Morgan fingerprint density at radius 2 is 1.89 bits per heavy atom. The lowest BCUT2D eigenvalue weighted by Gasteiger charge is -2.22. The second kappa shape index (κ2) is 11.1. The number of hydrogen-bond acceptors (Lipinski definition) is 5. The zero-order chi connectivity index (χ0) is 26.7. The maximum absolute atomic E-state index is 12.9. The average Bonchev–Trinajstić information content (AvgIpc) is 3.57. The van der Waals surface area contributed by atoms with Crippen LogP contribution in [0.3, 0.4) is 0 Å². The third-order valence-corrected chi connectivity index (χ3v) is 7.89. The summed E-state index contributed by atoms with van der Waals surface area (Å²) in [6, 6.07) is 19.6. The zero-order valence-corrected chi connectivity index (χ0v) is 23.2. The summed E-state index contributed by atoms with van der Waals surface area (Å²) in [6.45, 7) is 11.4. The Morgan fingerprint density at radius 3 is 2.66 bits per heavy atom. The van der Waals surface area contributed by atoms with Crippen molar-refractivity contribution in [3.8, 4) is 17.0 Å². The molecule has 198 valence electrons. The highest BCUT2D eigenvalue weighted by Crippen LogP contribution is 2.33. The summed E-state index contributed by atoms with van der Waals surface area (Å²) < 4.78 is 6.13. The Kier molecular flexibility index (Phi) is 7.63. The van der Waals surface area contributed by atoms with Gasteiger partial charge in [-0.05, 0) is 35.6 Å². The molecule has 0 spiro atoms. The molecule has 2 heterocycles. The number of urea groups is 1. The summed E-state index contributed by atoms with van der Waals surface area (Å²) in [4.78, 5) is 15.3. The molecule has 3 N–H and O–H groups in total. The number of amides is 2. The van der Waals surface area contributed by atoms with Crippen LogP contribution in [-0.2, 0) is 5.41 Å². The fourth-order valence-corrected chi connectivity index (χ4v) is 5.98. The van der Waals surface area contributed by atoms with Gasteiger partial charge in [-0.3, -0.25) is 15.3 Å². The molecule has 0 bridgehead atoms. The molecule has 0 aliphatic carbocycles. The molecule has 0 radical (unpaired) electrons. The Morgan fingerprint density at radius 1 is 1.08 bits per heavy atom. The quantitative estimate of drug-likeness (QED) is 0.243. The molecule has 0 unspecified atom stereocenters. The van der Waals surface area contributed by atoms with Crippen LogP contribution in [-0.4, -0.2) is 52.5 Å². The van der Waals surface area contributed by atoms with Gasteiger partial charge in [-0.2, -0.15) is 5.10 Å². The predicted octanol–water partition coefficient (Wildman–Crippen LogP) is 6.86. The number of H-pyrrole nitrogens is 1. The van der Waals surface area contributed by atoms with Gasteiger partial charge in [-0.1, -0.05) is 63.2 Å². The molecule has 1 aliphatic rings. The molecular formula is C30H35N5O2S. The van der Waals surface area contributed by atoms with Crippen molar-refractivity contribution in [2.75, 3.05) is 42.0 Å². The molecule has 1 fully saturated rings. The minimum absolute atomic E-state index is 0.0355. The first-order valence-electron chi connectivity index (χ1n) is 13.0. The molecule has 0 saturated carbocycles. The molecule has 1 saturated heterocycles. The lowest BCUT2D eigenvalue weighted by Crippen LogP contribution is -2.25. The van der Waals surface area contributed by atoms with Gasteiger partial charge in [0.25, 0.3) is 0 Å². The fourth-order valence-electron chi connectivity index (χ4n) is 4.94. The molecule has 1 aromatic heterocycles. The molecular weight excluding hydrogens is 494 g/mol. The molecule has 1 aliphatic heterocycles. The summed E-state index contributed by atoms with van der Waals surface area (Å²) in [5.74, 6) is 3.62. The predicted molar refractivity (Wildman–Crippen MR) is 158 cm³/mol. The topological polar surface area (TPSA) is 82.3 Å². The van der Waals surface area contributed by atoms with Crippen LogP contribution in [0.15, 0.2) is 60.7 Å². The fraction of sp³-hybridized carbons (Fsp3) is 0.333. The van der Waals surface area contributed by atoms with Gasteiger partial charge in [0.15, 0.2) is 0 Å². The summed E-state index contributed by atoms with van der Waals surface area (Å²) in [5.41, 5.74) is 5.06. The van der Waals surface area contributed by atoms with E-state index in [1.165, 1.54) is 16.9 Å². The molecule has 7 nitrogen and oxygen atoms in total. The van der Waals surface area contributed by atoms with Crippen molar-refractivity contribution >= 4 is 40.1 Å². The number of fused-ring (bicyclic) bond motifs is 1. The van der Waals surface area contributed by atoms with Crippen LogP contribution in [0.4, 0.5) is 16.3 Å². The number of hydrogen-bond donors (Lipinski definition) is 3. The van der Waals surface area contributed by atoms with Crippen LogP contribution in [0, 0.1) is 6.92 Å². The van der Waals surface area contributed by atoms with Crippen molar-refractivity contribution in [1.29, 1.82) is 0 Å². The van der Waals surface area contributed by atoms with Crippen molar-refractivity contribution in [1.82, 2.24) is 15.1 Å². The van der Waals surface area contributed by atoms with E-state index < -0.39 is 0 Å². The minimum atomic E-state index is -0.342. The lowest BCUT2D eigenvalue weighted by molar-refractivity contribution is 0.246. The van der Waals surface area contributed by atoms with Crippen LogP contribution in [0.1, 0.15) is 31.9 Å². The third kappa shape index (κ3) is 5.81. The van der Waals surface area contributed by atoms with Gasteiger partial charge in [0, 0.05) is 47.1 Å². The molecule has 2 amide bonds. The SMILES string of the molecule is Cc1c(-c2cc(NC(=O)Nc3ccc(OCCN4CCSC4)c4ccccc34)[nH]n2)cccc1C(C)(C)C. The van der Waals surface area contributed by atoms with Gasteiger partial charge in [0.2, 0.25) is 0 Å². The highest BCUT2D eigenvalue weighted by atomic mass is 32.2. The third-order valence-electron chi connectivity index (χ3n) is 6.87. The average molecular weight is 530 g/mol. The van der Waals surface area contributed by atoms with E-state index in [1.54, 1.807) is 0 Å². The number of benzene rings is 3. The van der Waals surface area contributed by atoms with Crippen molar-refractivity contribution in [2.24, 2.45) is 0 Å². The monoisotopic (exact) mass is 529 g/mol. The molecule has 4 aromatic rings. The normalized spacial score (nSPS) is 14.1. The van der Waals surface area contributed by atoms with E-state index in [0.29, 0.717) is 12.4 Å². The molecule has 3 aromatic carbocycles. The molecule has 8 heteroatoms. The summed E-state index contributed by atoms with van der Waals surface area (Å²) >= 11 is 1.96. The van der Waals surface area contributed by atoms with Crippen molar-refractivity contribution in [3.63, 3.8) is 0 Å². The largest absolute Gasteiger partial charge is 0.492 e. The molecule has 5 rings (SSSR count). The summed E-state index contributed by atoms with van der Waals surface area (Å²) in [6.07, 6.45) is 0. The number of carbonyl (C=O) groups is 1. The first-order valence-corrected chi connectivity index (χ1v) is 14.1. The summed E-state index contributed by atoms with van der Waals surface area (Å²) in [7, 11) is 0.